The highest BCUT2D eigenvalue weighted by Gasteiger charge is 2.31. The first-order valence-corrected chi connectivity index (χ1v) is 11.5. The summed E-state index contributed by atoms with van der Waals surface area (Å²) in [5.41, 5.74) is 4.47. The Morgan fingerprint density at radius 2 is 1.67 bits per heavy atom. The highest BCUT2D eigenvalue weighted by Crippen LogP contribution is 2.44. The highest BCUT2D eigenvalue weighted by atomic mass is 16.5. The topological polar surface area (TPSA) is 95.9 Å². The Morgan fingerprint density at radius 3 is 2.24 bits per heavy atom. The van der Waals surface area contributed by atoms with E-state index in [-0.39, 0.29) is 31.3 Å². The summed E-state index contributed by atoms with van der Waals surface area (Å²) in [5, 5.41) is 11.7. The molecule has 0 saturated heterocycles. The van der Waals surface area contributed by atoms with Crippen LogP contribution in [0.1, 0.15) is 49.1 Å². The number of ether oxygens (including phenoxy) is 1. The van der Waals surface area contributed by atoms with E-state index in [1.165, 1.54) is 12.8 Å². The van der Waals surface area contributed by atoms with Crippen molar-refractivity contribution in [3.63, 3.8) is 0 Å². The van der Waals surface area contributed by atoms with Crippen molar-refractivity contribution >= 4 is 18.0 Å². The Morgan fingerprint density at radius 1 is 1.06 bits per heavy atom. The lowest BCUT2D eigenvalue weighted by molar-refractivity contribution is -0.137. The predicted octanol–water partition coefficient (Wildman–Crippen LogP) is 4.02. The molecule has 0 aromatic heterocycles. The maximum Gasteiger partial charge on any atom is 0.407 e. The fourth-order valence-corrected chi connectivity index (χ4v) is 4.47. The van der Waals surface area contributed by atoms with Gasteiger partial charge in [0.05, 0.1) is 0 Å². The van der Waals surface area contributed by atoms with Crippen LogP contribution in [0.5, 0.6) is 0 Å². The first-order valence-electron chi connectivity index (χ1n) is 11.5. The number of fused-ring (bicyclic) bond motifs is 3. The largest absolute Gasteiger partial charge is 0.481 e. The van der Waals surface area contributed by atoms with E-state index in [0.717, 1.165) is 28.7 Å². The van der Waals surface area contributed by atoms with Gasteiger partial charge in [-0.05, 0) is 41.0 Å². The lowest BCUT2D eigenvalue weighted by atomic mass is 9.98. The van der Waals surface area contributed by atoms with Crippen LogP contribution >= 0.6 is 0 Å². The molecule has 7 heteroatoms. The maximum absolute atomic E-state index is 12.9. The number of benzene rings is 2. The van der Waals surface area contributed by atoms with E-state index in [1.807, 2.05) is 36.4 Å². The number of aliphatic carboxylic acids is 1. The van der Waals surface area contributed by atoms with Crippen molar-refractivity contribution in [1.82, 2.24) is 10.2 Å². The van der Waals surface area contributed by atoms with Gasteiger partial charge in [-0.1, -0.05) is 61.4 Å². The quantitative estimate of drug-likeness (QED) is 0.570. The molecule has 2 aliphatic rings. The molecule has 33 heavy (non-hydrogen) atoms. The summed E-state index contributed by atoms with van der Waals surface area (Å²) in [7, 11) is 1.69. The number of carbonyl (C=O) groups excluding carboxylic acids is 2. The van der Waals surface area contributed by atoms with Crippen molar-refractivity contribution in [1.29, 1.82) is 0 Å². The van der Waals surface area contributed by atoms with Crippen molar-refractivity contribution in [3.8, 4) is 11.1 Å². The molecule has 2 N–H and O–H groups in total. The molecule has 0 heterocycles. The molecule has 1 saturated carbocycles. The highest BCUT2D eigenvalue weighted by molar-refractivity contribution is 5.86. The Kier molecular flexibility index (Phi) is 6.96. The predicted molar refractivity (Wildman–Crippen MR) is 124 cm³/mol. The van der Waals surface area contributed by atoms with Gasteiger partial charge in [0.2, 0.25) is 5.91 Å². The number of hydrogen-bond donors (Lipinski definition) is 2. The molecule has 0 spiro atoms. The van der Waals surface area contributed by atoms with Crippen LogP contribution in [-0.4, -0.2) is 54.2 Å². The first-order chi connectivity index (χ1) is 15.9. The zero-order chi connectivity index (χ0) is 23.4. The summed E-state index contributed by atoms with van der Waals surface area (Å²) in [6.07, 6.45) is 2.42. The molecule has 1 unspecified atom stereocenters. The van der Waals surface area contributed by atoms with E-state index in [4.69, 9.17) is 9.84 Å². The van der Waals surface area contributed by atoms with E-state index in [2.05, 4.69) is 17.4 Å². The molecule has 7 nitrogen and oxygen atoms in total. The number of alkyl carbamates (subject to hydrolysis) is 1. The van der Waals surface area contributed by atoms with Gasteiger partial charge in [-0.15, -0.1) is 0 Å². The van der Waals surface area contributed by atoms with Gasteiger partial charge >= 0.3 is 12.1 Å². The minimum Gasteiger partial charge on any atom is -0.481 e. The number of rotatable bonds is 10. The summed E-state index contributed by atoms with van der Waals surface area (Å²) >= 11 is 0. The van der Waals surface area contributed by atoms with Crippen LogP contribution < -0.4 is 5.32 Å². The Balaban J connectivity index is 1.38. The first kappa shape index (κ1) is 22.8. The molecule has 2 aromatic rings. The van der Waals surface area contributed by atoms with E-state index < -0.39 is 18.1 Å². The SMILES string of the molecule is CN(CCC1CC1)C(=O)C(CCC(=O)O)NC(=O)OCC1c2ccccc2-c2ccccc21. The fraction of sp³-hybridized carbons (Fsp3) is 0.423. The normalized spacial score (nSPS) is 15.3. The smallest absolute Gasteiger partial charge is 0.407 e. The van der Waals surface area contributed by atoms with Crippen LogP contribution in [0.25, 0.3) is 11.1 Å². The summed E-state index contributed by atoms with van der Waals surface area (Å²) in [6, 6.07) is 15.2. The van der Waals surface area contributed by atoms with Crippen molar-refractivity contribution in [3.05, 3.63) is 59.7 Å². The second-order valence-electron chi connectivity index (χ2n) is 8.95. The number of carbonyl (C=O) groups is 3. The summed E-state index contributed by atoms with van der Waals surface area (Å²) in [5.74, 6) is -0.710. The van der Waals surface area contributed by atoms with E-state index >= 15 is 0 Å². The average Bonchev–Trinajstić information content (AvgIpc) is 3.59. The number of amides is 2. The monoisotopic (exact) mass is 450 g/mol. The lowest BCUT2D eigenvalue weighted by Gasteiger charge is -2.24. The fourth-order valence-electron chi connectivity index (χ4n) is 4.47. The molecule has 2 amide bonds. The molecule has 1 atom stereocenters. The Labute approximate surface area is 193 Å². The van der Waals surface area contributed by atoms with Crippen molar-refractivity contribution in [2.24, 2.45) is 5.92 Å². The van der Waals surface area contributed by atoms with Gasteiger partial charge in [-0.2, -0.15) is 0 Å². The molecule has 0 radical (unpaired) electrons. The molecule has 1 fully saturated rings. The second-order valence-corrected chi connectivity index (χ2v) is 8.95. The van der Waals surface area contributed by atoms with Crippen molar-refractivity contribution < 1.29 is 24.2 Å². The van der Waals surface area contributed by atoms with Gasteiger partial charge in [0.25, 0.3) is 0 Å². The van der Waals surface area contributed by atoms with Crippen LogP contribution in [0.3, 0.4) is 0 Å². The number of nitrogens with zero attached hydrogens (tertiary/aromatic N) is 1. The molecular formula is C26H30N2O5. The van der Waals surface area contributed by atoms with Gasteiger partial charge in [-0.25, -0.2) is 4.79 Å². The van der Waals surface area contributed by atoms with Crippen LogP contribution in [0, 0.1) is 5.92 Å². The Hall–Kier alpha value is -3.35. The number of hydrogen-bond acceptors (Lipinski definition) is 4. The molecule has 0 bridgehead atoms. The van der Waals surface area contributed by atoms with Crippen molar-refractivity contribution in [2.75, 3.05) is 20.2 Å². The van der Waals surface area contributed by atoms with E-state index in [0.29, 0.717) is 12.5 Å². The number of carboxylic acid groups (broad SMARTS) is 1. The summed E-state index contributed by atoms with van der Waals surface area (Å²) < 4.78 is 5.55. The van der Waals surface area contributed by atoms with Gasteiger partial charge in [0.1, 0.15) is 12.6 Å². The minimum atomic E-state index is -1.01. The standard InChI is InChI=1S/C26H30N2O5/c1-28(15-14-17-10-11-17)25(31)23(12-13-24(29)30)27-26(32)33-16-22-20-8-4-2-6-18(20)19-7-3-5-9-21(19)22/h2-9,17,22-23H,10-16H2,1H3,(H,27,32)(H,29,30). The van der Waals surface area contributed by atoms with E-state index in [9.17, 15) is 14.4 Å². The van der Waals surface area contributed by atoms with Gasteiger partial charge in [0.15, 0.2) is 0 Å². The minimum absolute atomic E-state index is 0.0200. The number of likely N-dealkylation sites (N-methyl/N-ethyl adjacent to an activating group) is 1. The van der Waals surface area contributed by atoms with Gasteiger partial charge in [-0.3, -0.25) is 9.59 Å². The molecule has 0 aliphatic heterocycles. The van der Waals surface area contributed by atoms with Gasteiger partial charge < -0.3 is 20.1 Å². The molecule has 174 valence electrons. The summed E-state index contributed by atoms with van der Waals surface area (Å²) in [4.78, 5) is 38.2. The zero-order valence-electron chi connectivity index (χ0n) is 18.8. The third-order valence-corrected chi connectivity index (χ3v) is 6.53. The zero-order valence-corrected chi connectivity index (χ0v) is 18.8. The lowest BCUT2D eigenvalue weighted by Crippen LogP contribution is -2.48. The molecule has 2 aromatic carbocycles. The third kappa shape index (κ3) is 5.53. The van der Waals surface area contributed by atoms with Crippen LogP contribution in [0.15, 0.2) is 48.5 Å². The average molecular weight is 451 g/mol. The number of nitrogens with one attached hydrogen (secondary N) is 1. The summed E-state index contributed by atoms with van der Waals surface area (Å²) in [6.45, 7) is 0.733. The van der Waals surface area contributed by atoms with Crippen molar-refractivity contribution in [2.45, 2.75) is 44.1 Å². The second kappa shape index (κ2) is 10.1. The van der Waals surface area contributed by atoms with Crippen LogP contribution in [-0.2, 0) is 14.3 Å². The maximum atomic E-state index is 12.9. The van der Waals surface area contributed by atoms with E-state index in [1.54, 1.807) is 11.9 Å². The molecular weight excluding hydrogens is 420 g/mol. The Bertz CT molecular complexity index is 987. The molecule has 2 aliphatic carbocycles. The number of carboxylic acids is 1. The molecule has 4 rings (SSSR count). The van der Waals surface area contributed by atoms with Gasteiger partial charge in [0, 0.05) is 25.9 Å². The van der Waals surface area contributed by atoms with Crippen LogP contribution in [0.2, 0.25) is 0 Å². The van der Waals surface area contributed by atoms with Crippen LogP contribution in [0.4, 0.5) is 4.79 Å². The third-order valence-electron chi connectivity index (χ3n) is 6.53.